The molecule has 3 aromatic rings. The summed E-state index contributed by atoms with van der Waals surface area (Å²) in [5, 5.41) is 9.58. The van der Waals surface area contributed by atoms with Gasteiger partial charge in [-0.05, 0) is 81.8 Å². The summed E-state index contributed by atoms with van der Waals surface area (Å²) in [4.78, 5) is 24.3. The van der Waals surface area contributed by atoms with Gasteiger partial charge in [0.05, 0.1) is 12.7 Å². The normalized spacial score (nSPS) is 11.2. The number of benzene rings is 1. The molecule has 7 nitrogen and oxygen atoms in total. The van der Waals surface area contributed by atoms with Crippen molar-refractivity contribution in [1.29, 1.82) is 5.26 Å². The van der Waals surface area contributed by atoms with Gasteiger partial charge in [0.15, 0.2) is 0 Å². The van der Waals surface area contributed by atoms with E-state index in [0.717, 1.165) is 34.0 Å². The summed E-state index contributed by atoms with van der Waals surface area (Å²) in [6, 6.07) is 14.8. The van der Waals surface area contributed by atoms with E-state index in [-0.39, 0.29) is 5.57 Å². The quantitative estimate of drug-likeness (QED) is 0.387. The molecule has 0 fully saturated rings. The molecule has 0 saturated heterocycles. The van der Waals surface area contributed by atoms with Gasteiger partial charge in [-0.2, -0.15) is 5.26 Å². The lowest BCUT2D eigenvalue weighted by Crippen LogP contribution is -2.25. The monoisotopic (exact) mass is 416 g/mol. The Labute approximate surface area is 181 Å². The van der Waals surface area contributed by atoms with Crippen LogP contribution in [0.2, 0.25) is 0 Å². The summed E-state index contributed by atoms with van der Waals surface area (Å²) in [5.41, 5.74) is 8.42. The largest absolute Gasteiger partial charge is 0.465 e. The highest BCUT2D eigenvalue weighted by atomic mass is 16.5. The highest BCUT2D eigenvalue weighted by Gasteiger charge is 2.15. The fraction of sp³-hybridized carbons (Fsp3) is 0.208. The molecule has 31 heavy (non-hydrogen) atoms. The van der Waals surface area contributed by atoms with E-state index >= 15 is 0 Å². The van der Waals surface area contributed by atoms with Crippen LogP contribution in [0.15, 0.2) is 48.0 Å². The number of aromatic nitrogens is 2. The second-order valence-corrected chi connectivity index (χ2v) is 7.26. The number of nitriles is 1. The predicted octanol–water partition coefficient (Wildman–Crippen LogP) is 3.98. The van der Waals surface area contributed by atoms with Crippen LogP contribution in [0.4, 0.5) is 0 Å². The third-order valence-corrected chi connectivity index (χ3v) is 5.17. The van der Waals surface area contributed by atoms with Gasteiger partial charge < -0.3 is 9.30 Å². The third kappa shape index (κ3) is 4.28. The Morgan fingerprint density at radius 2 is 1.61 bits per heavy atom. The minimum absolute atomic E-state index is 0.00814. The van der Waals surface area contributed by atoms with Crippen molar-refractivity contribution in [3.63, 3.8) is 0 Å². The van der Waals surface area contributed by atoms with E-state index in [4.69, 9.17) is 4.74 Å². The standard InChI is InChI=1S/C24H24N4O3/c1-15-6-7-16(2)28(15)26-23(29)21(14-25)13-20-12-17(3)27(18(20)4)22-10-8-19(9-11-22)24(30)31-5/h6-13H,1-5H3,(H,26,29)/b21-13-. The molecule has 0 saturated carbocycles. The molecule has 0 atom stereocenters. The van der Waals surface area contributed by atoms with E-state index in [1.165, 1.54) is 7.11 Å². The van der Waals surface area contributed by atoms with Crippen molar-refractivity contribution in [2.75, 3.05) is 12.5 Å². The highest BCUT2D eigenvalue weighted by molar-refractivity contribution is 6.06. The summed E-state index contributed by atoms with van der Waals surface area (Å²) < 4.78 is 8.39. The Bertz CT molecular complexity index is 1200. The van der Waals surface area contributed by atoms with Crippen LogP contribution in [0.5, 0.6) is 0 Å². The van der Waals surface area contributed by atoms with Crippen LogP contribution in [0.1, 0.15) is 38.7 Å². The molecule has 158 valence electrons. The van der Waals surface area contributed by atoms with Gasteiger partial charge in [0.2, 0.25) is 0 Å². The van der Waals surface area contributed by atoms with E-state index in [1.54, 1.807) is 22.9 Å². The topological polar surface area (TPSA) is 89.1 Å². The number of ether oxygens (including phenoxy) is 1. The number of esters is 1. The van der Waals surface area contributed by atoms with E-state index in [0.29, 0.717) is 5.56 Å². The zero-order chi connectivity index (χ0) is 22.7. The van der Waals surface area contributed by atoms with Crippen molar-refractivity contribution < 1.29 is 14.3 Å². The van der Waals surface area contributed by atoms with Gasteiger partial charge in [0.25, 0.3) is 5.91 Å². The van der Waals surface area contributed by atoms with Crippen LogP contribution in [0, 0.1) is 39.0 Å². The van der Waals surface area contributed by atoms with Gasteiger partial charge in [-0.15, -0.1) is 0 Å². The number of aryl methyl sites for hydroxylation is 3. The van der Waals surface area contributed by atoms with Gasteiger partial charge in [-0.1, -0.05) is 0 Å². The second-order valence-electron chi connectivity index (χ2n) is 7.26. The molecule has 0 spiro atoms. The smallest absolute Gasteiger partial charge is 0.337 e. The van der Waals surface area contributed by atoms with Gasteiger partial charge in [-0.25, -0.2) is 4.79 Å². The molecule has 1 aromatic carbocycles. The lowest BCUT2D eigenvalue weighted by molar-refractivity contribution is -0.113. The van der Waals surface area contributed by atoms with E-state index in [1.807, 2.05) is 68.7 Å². The molecular formula is C24H24N4O3. The summed E-state index contributed by atoms with van der Waals surface area (Å²) in [7, 11) is 1.34. The number of hydrogen-bond donors (Lipinski definition) is 1. The Balaban J connectivity index is 1.93. The number of methoxy groups -OCH3 is 1. The van der Waals surface area contributed by atoms with Gasteiger partial charge in [0.1, 0.15) is 11.6 Å². The average Bonchev–Trinajstić information content (AvgIpc) is 3.23. The number of rotatable bonds is 5. The number of nitrogens with zero attached hydrogens (tertiary/aromatic N) is 3. The minimum Gasteiger partial charge on any atom is -0.465 e. The van der Waals surface area contributed by atoms with Crippen molar-refractivity contribution in [3.05, 3.63) is 81.9 Å². The number of hydrogen-bond acceptors (Lipinski definition) is 4. The molecule has 1 amide bonds. The third-order valence-electron chi connectivity index (χ3n) is 5.17. The highest BCUT2D eigenvalue weighted by Crippen LogP contribution is 2.23. The Morgan fingerprint density at radius 3 is 2.16 bits per heavy atom. The summed E-state index contributed by atoms with van der Waals surface area (Å²) in [6.07, 6.45) is 1.59. The number of amides is 1. The SMILES string of the molecule is COC(=O)c1ccc(-n2c(C)cc(/C=C(/C#N)C(=O)Nn3c(C)ccc3C)c2C)cc1. The lowest BCUT2D eigenvalue weighted by Gasteiger charge is -2.11. The zero-order valence-corrected chi connectivity index (χ0v) is 18.2. The molecule has 3 rings (SSSR count). The molecule has 0 aliphatic carbocycles. The second kappa shape index (κ2) is 8.76. The Morgan fingerprint density at radius 1 is 1.00 bits per heavy atom. The number of nitrogens with one attached hydrogen (secondary N) is 1. The van der Waals surface area contributed by atoms with E-state index < -0.39 is 11.9 Å². The molecular weight excluding hydrogens is 392 g/mol. The van der Waals surface area contributed by atoms with Gasteiger partial charge in [-0.3, -0.25) is 14.9 Å². The maximum atomic E-state index is 12.7. The zero-order valence-electron chi connectivity index (χ0n) is 18.2. The number of carbonyl (C=O) groups excluding carboxylic acids is 2. The number of carbonyl (C=O) groups is 2. The molecule has 2 heterocycles. The van der Waals surface area contributed by atoms with Crippen LogP contribution in [0.25, 0.3) is 11.8 Å². The molecule has 0 radical (unpaired) electrons. The van der Waals surface area contributed by atoms with E-state index in [9.17, 15) is 14.9 Å². The lowest BCUT2D eigenvalue weighted by atomic mass is 10.1. The fourth-order valence-electron chi connectivity index (χ4n) is 3.51. The minimum atomic E-state index is -0.475. The van der Waals surface area contributed by atoms with Crippen LogP contribution < -0.4 is 5.43 Å². The van der Waals surface area contributed by atoms with Crippen molar-refractivity contribution in [2.24, 2.45) is 0 Å². The predicted molar refractivity (Wildman–Crippen MR) is 118 cm³/mol. The molecule has 7 heteroatoms. The fourth-order valence-corrected chi connectivity index (χ4v) is 3.51. The maximum Gasteiger partial charge on any atom is 0.337 e. The van der Waals surface area contributed by atoms with Crippen LogP contribution >= 0.6 is 0 Å². The molecule has 2 aromatic heterocycles. The van der Waals surface area contributed by atoms with Crippen molar-refractivity contribution in [2.45, 2.75) is 27.7 Å². The maximum absolute atomic E-state index is 12.7. The van der Waals surface area contributed by atoms with Gasteiger partial charge in [0, 0.05) is 28.5 Å². The van der Waals surface area contributed by atoms with Crippen molar-refractivity contribution in [1.82, 2.24) is 9.24 Å². The first-order valence-corrected chi connectivity index (χ1v) is 9.72. The van der Waals surface area contributed by atoms with Crippen molar-refractivity contribution in [3.8, 4) is 11.8 Å². The molecule has 0 bridgehead atoms. The van der Waals surface area contributed by atoms with Crippen LogP contribution in [0.3, 0.4) is 0 Å². The Hall–Kier alpha value is -4.05. The van der Waals surface area contributed by atoms with Crippen LogP contribution in [-0.4, -0.2) is 28.2 Å². The molecule has 0 aliphatic heterocycles. The molecule has 0 unspecified atom stereocenters. The van der Waals surface area contributed by atoms with E-state index in [2.05, 4.69) is 5.43 Å². The first-order valence-electron chi connectivity index (χ1n) is 9.72. The molecule has 1 N–H and O–H groups in total. The van der Waals surface area contributed by atoms with Crippen LogP contribution in [-0.2, 0) is 9.53 Å². The first kappa shape index (κ1) is 21.7. The molecule has 0 aliphatic rings. The summed E-state index contributed by atoms with van der Waals surface area (Å²) in [6.45, 7) is 7.61. The van der Waals surface area contributed by atoms with Crippen molar-refractivity contribution >= 4 is 18.0 Å². The van der Waals surface area contributed by atoms with Gasteiger partial charge >= 0.3 is 5.97 Å². The summed E-state index contributed by atoms with van der Waals surface area (Å²) >= 11 is 0. The first-order chi connectivity index (χ1) is 14.8. The average molecular weight is 416 g/mol. The Kier molecular flexibility index (Phi) is 6.12. The summed E-state index contributed by atoms with van der Waals surface area (Å²) in [5.74, 6) is -0.869.